The first-order chi connectivity index (χ1) is 13.0. The number of carbonyl (C=O) groups excluding carboxylic acids is 1. The fourth-order valence-electron chi connectivity index (χ4n) is 3.66. The number of carbonyl (C=O) groups is 1. The fourth-order valence-corrected chi connectivity index (χ4v) is 3.66. The Balaban J connectivity index is 1.71. The van der Waals surface area contributed by atoms with E-state index in [1.165, 1.54) is 5.56 Å². The lowest BCUT2D eigenvalue weighted by atomic mass is 10.0. The molecule has 2 aromatic rings. The molecule has 0 saturated carbocycles. The maximum absolute atomic E-state index is 12.7. The number of aromatic nitrogens is 1. The molecule has 1 aromatic carbocycles. The third-order valence-corrected chi connectivity index (χ3v) is 5.29. The minimum absolute atomic E-state index is 0.00243. The normalized spacial score (nSPS) is 15.3. The Hall–Kier alpha value is -2.11. The van der Waals surface area contributed by atoms with Crippen LogP contribution in [0.3, 0.4) is 0 Å². The average Bonchev–Trinajstić information content (AvgIpc) is 2.97. The van der Waals surface area contributed by atoms with Gasteiger partial charge in [0.1, 0.15) is 0 Å². The van der Waals surface area contributed by atoms with Crippen LogP contribution in [-0.2, 0) is 4.74 Å². The van der Waals surface area contributed by atoms with Gasteiger partial charge in [0.15, 0.2) is 0 Å². The first-order valence-electron chi connectivity index (χ1n) is 9.85. The SMILES string of the molecule is Cc1cc(C(=O)NCCN2CCOCC2)c(C)n1-c1cccc(C(C)C)c1. The van der Waals surface area contributed by atoms with Gasteiger partial charge in [-0.1, -0.05) is 26.0 Å². The topological polar surface area (TPSA) is 46.5 Å². The van der Waals surface area contributed by atoms with Gasteiger partial charge >= 0.3 is 0 Å². The van der Waals surface area contributed by atoms with Gasteiger partial charge in [-0.3, -0.25) is 9.69 Å². The number of morpholine rings is 1. The second-order valence-corrected chi connectivity index (χ2v) is 7.58. The molecule has 2 heterocycles. The second-order valence-electron chi connectivity index (χ2n) is 7.58. The van der Waals surface area contributed by atoms with Crippen molar-refractivity contribution in [3.05, 3.63) is 52.8 Å². The van der Waals surface area contributed by atoms with Crippen LogP contribution in [-0.4, -0.2) is 54.8 Å². The molecule has 1 aliphatic rings. The van der Waals surface area contributed by atoms with E-state index in [9.17, 15) is 4.79 Å². The molecule has 5 heteroatoms. The molecule has 0 radical (unpaired) electrons. The molecular formula is C22H31N3O2. The van der Waals surface area contributed by atoms with Gasteiger partial charge in [-0.15, -0.1) is 0 Å². The van der Waals surface area contributed by atoms with Crippen molar-refractivity contribution >= 4 is 5.91 Å². The van der Waals surface area contributed by atoms with Crippen molar-refractivity contribution in [2.75, 3.05) is 39.4 Å². The van der Waals surface area contributed by atoms with E-state index in [2.05, 4.69) is 59.8 Å². The van der Waals surface area contributed by atoms with E-state index in [4.69, 9.17) is 4.74 Å². The number of hydrogen-bond acceptors (Lipinski definition) is 3. The number of aryl methyl sites for hydroxylation is 1. The predicted molar refractivity (Wildman–Crippen MR) is 109 cm³/mol. The van der Waals surface area contributed by atoms with Gasteiger partial charge in [0, 0.05) is 43.3 Å². The Kier molecular flexibility index (Phi) is 6.34. The standard InChI is InChI=1S/C22H31N3O2/c1-16(2)19-6-5-7-20(15-19)25-17(3)14-21(18(25)4)22(26)23-8-9-24-10-12-27-13-11-24/h5-7,14-16H,8-13H2,1-4H3,(H,23,26). The van der Waals surface area contributed by atoms with Gasteiger partial charge in [0.25, 0.3) is 5.91 Å². The molecule has 27 heavy (non-hydrogen) atoms. The molecule has 1 amide bonds. The molecule has 146 valence electrons. The van der Waals surface area contributed by atoms with Crippen LogP contribution in [0.2, 0.25) is 0 Å². The van der Waals surface area contributed by atoms with E-state index in [1.807, 2.05) is 13.0 Å². The average molecular weight is 370 g/mol. The van der Waals surface area contributed by atoms with Gasteiger partial charge in [-0.05, 0) is 43.5 Å². The third kappa shape index (κ3) is 4.60. The summed E-state index contributed by atoms with van der Waals surface area (Å²) in [5, 5.41) is 3.07. The molecule has 5 nitrogen and oxygen atoms in total. The summed E-state index contributed by atoms with van der Waals surface area (Å²) in [6, 6.07) is 10.5. The molecule has 0 unspecified atom stereocenters. The van der Waals surface area contributed by atoms with Gasteiger partial charge in [-0.25, -0.2) is 0 Å². The Labute approximate surface area is 162 Å². The third-order valence-electron chi connectivity index (χ3n) is 5.29. The maximum atomic E-state index is 12.7. The number of nitrogens with one attached hydrogen (secondary N) is 1. The number of ether oxygens (including phenoxy) is 1. The molecular weight excluding hydrogens is 338 g/mol. The van der Waals surface area contributed by atoms with E-state index in [-0.39, 0.29) is 5.91 Å². The second kappa shape index (κ2) is 8.72. The quantitative estimate of drug-likeness (QED) is 0.850. The molecule has 3 rings (SSSR count). The van der Waals surface area contributed by atoms with Crippen molar-refractivity contribution in [3.63, 3.8) is 0 Å². The summed E-state index contributed by atoms with van der Waals surface area (Å²) < 4.78 is 7.53. The lowest BCUT2D eigenvalue weighted by molar-refractivity contribution is 0.0383. The van der Waals surface area contributed by atoms with Gasteiger partial charge in [0.2, 0.25) is 0 Å². The largest absolute Gasteiger partial charge is 0.379 e. The van der Waals surface area contributed by atoms with Crippen LogP contribution in [0, 0.1) is 13.8 Å². The highest BCUT2D eigenvalue weighted by atomic mass is 16.5. The summed E-state index contributed by atoms with van der Waals surface area (Å²) >= 11 is 0. The minimum atomic E-state index is 0.00243. The van der Waals surface area contributed by atoms with E-state index < -0.39 is 0 Å². The summed E-state index contributed by atoms with van der Waals surface area (Å²) in [4.78, 5) is 15.0. The van der Waals surface area contributed by atoms with Crippen molar-refractivity contribution in [2.45, 2.75) is 33.6 Å². The summed E-state index contributed by atoms with van der Waals surface area (Å²) in [5.41, 5.74) is 5.23. The molecule has 0 aliphatic carbocycles. The Morgan fingerprint density at radius 1 is 1.19 bits per heavy atom. The molecule has 1 aliphatic heterocycles. The zero-order valence-electron chi connectivity index (χ0n) is 16.9. The monoisotopic (exact) mass is 369 g/mol. The van der Waals surface area contributed by atoms with Crippen molar-refractivity contribution in [1.29, 1.82) is 0 Å². The Morgan fingerprint density at radius 2 is 1.93 bits per heavy atom. The molecule has 0 spiro atoms. The number of nitrogens with zero attached hydrogens (tertiary/aromatic N) is 2. The summed E-state index contributed by atoms with van der Waals surface area (Å²) in [5.74, 6) is 0.478. The van der Waals surface area contributed by atoms with Crippen LogP contribution in [0.1, 0.15) is 47.1 Å². The van der Waals surface area contributed by atoms with E-state index >= 15 is 0 Å². The molecule has 0 bridgehead atoms. The predicted octanol–water partition coefficient (Wildman–Crippen LogP) is 3.28. The summed E-state index contributed by atoms with van der Waals surface area (Å²) in [6.45, 7) is 13.4. The molecule has 0 atom stereocenters. The van der Waals surface area contributed by atoms with Crippen LogP contribution in [0.25, 0.3) is 5.69 Å². The van der Waals surface area contributed by atoms with Crippen LogP contribution in [0.5, 0.6) is 0 Å². The summed E-state index contributed by atoms with van der Waals surface area (Å²) in [7, 11) is 0. The number of amides is 1. The van der Waals surface area contributed by atoms with Gasteiger partial charge in [-0.2, -0.15) is 0 Å². The van der Waals surface area contributed by atoms with Crippen LogP contribution < -0.4 is 5.32 Å². The van der Waals surface area contributed by atoms with E-state index in [0.717, 1.165) is 55.5 Å². The maximum Gasteiger partial charge on any atom is 0.253 e. The molecule has 1 saturated heterocycles. The smallest absolute Gasteiger partial charge is 0.253 e. The van der Waals surface area contributed by atoms with Crippen LogP contribution >= 0.6 is 0 Å². The highest BCUT2D eigenvalue weighted by Crippen LogP contribution is 2.24. The lowest BCUT2D eigenvalue weighted by Crippen LogP contribution is -2.41. The zero-order valence-corrected chi connectivity index (χ0v) is 16.9. The number of benzene rings is 1. The van der Waals surface area contributed by atoms with E-state index in [0.29, 0.717) is 12.5 Å². The minimum Gasteiger partial charge on any atom is -0.379 e. The highest BCUT2D eigenvalue weighted by molar-refractivity contribution is 5.95. The highest BCUT2D eigenvalue weighted by Gasteiger charge is 2.17. The number of rotatable bonds is 6. The van der Waals surface area contributed by atoms with Crippen LogP contribution in [0.15, 0.2) is 30.3 Å². The van der Waals surface area contributed by atoms with Crippen LogP contribution in [0.4, 0.5) is 0 Å². The van der Waals surface area contributed by atoms with Crippen molar-refractivity contribution < 1.29 is 9.53 Å². The first-order valence-corrected chi connectivity index (χ1v) is 9.85. The fraction of sp³-hybridized carbons (Fsp3) is 0.500. The van der Waals surface area contributed by atoms with Crippen molar-refractivity contribution in [1.82, 2.24) is 14.8 Å². The Morgan fingerprint density at radius 3 is 2.63 bits per heavy atom. The first kappa shape index (κ1) is 19.6. The number of hydrogen-bond donors (Lipinski definition) is 1. The van der Waals surface area contributed by atoms with Crippen molar-refractivity contribution in [2.24, 2.45) is 0 Å². The zero-order chi connectivity index (χ0) is 19.4. The van der Waals surface area contributed by atoms with Gasteiger partial charge in [0.05, 0.1) is 18.8 Å². The lowest BCUT2D eigenvalue weighted by Gasteiger charge is -2.26. The molecule has 1 fully saturated rings. The Bertz CT molecular complexity index is 789. The van der Waals surface area contributed by atoms with Crippen molar-refractivity contribution in [3.8, 4) is 5.69 Å². The summed E-state index contributed by atoms with van der Waals surface area (Å²) in [6.07, 6.45) is 0. The van der Waals surface area contributed by atoms with E-state index in [1.54, 1.807) is 0 Å². The molecule has 1 aromatic heterocycles. The molecule has 1 N–H and O–H groups in total. The van der Waals surface area contributed by atoms with Gasteiger partial charge < -0.3 is 14.6 Å².